The topological polar surface area (TPSA) is 29.5 Å². The van der Waals surface area contributed by atoms with Gasteiger partial charge in [0, 0.05) is 13.2 Å². The molecule has 0 heterocycles. The van der Waals surface area contributed by atoms with E-state index in [1.54, 1.807) is 0 Å². The van der Waals surface area contributed by atoms with E-state index in [0.717, 1.165) is 6.42 Å². The van der Waals surface area contributed by atoms with Crippen LogP contribution in [0.4, 0.5) is 13.2 Å². The third-order valence-corrected chi connectivity index (χ3v) is 1.85. The highest BCUT2D eigenvalue weighted by molar-refractivity contribution is 4.64. The Morgan fingerprint density at radius 3 is 2.36 bits per heavy atom. The molecule has 2 nitrogen and oxygen atoms in total. The second kappa shape index (κ2) is 7.06. The van der Waals surface area contributed by atoms with Gasteiger partial charge in [0.25, 0.3) is 0 Å². The van der Waals surface area contributed by atoms with Crippen molar-refractivity contribution >= 4 is 0 Å². The van der Waals surface area contributed by atoms with Crippen molar-refractivity contribution in [2.75, 3.05) is 13.2 Å². The largest absolute Gasteiger partial charge is 0.414 e. The summed E-state index contributed by atoms with van der Waals surface area (Å²) >= 11 is 0. The fraction of sp³-hybridized carbons (Fsp3) is 1.00. The number of hydrogen-bond donors (Lipinski definition) is 1. The molecule has 0 saturated heterocycles. The van der Waals surface area contributed by atoms with Gasteiger partial charge in [0.2, 0.25) is 0 Å². The first-order valence-electron chi connectivity index (χ1n) is 4.81. The fourth-order valence-corrected chi connectivity index (χ4v) is 1.03. The highest BCUT2D eigenvalue weighted by atomic mass is 19.4. The summed E-state index contributed by atoms with van der Waals surface area (Å²) in [6.45, 7) is 3.08. The molecule has 0 spiro atoms. The molecule has 14 heavy (non-hydrogen) atoms. The van der Waals surface area contributed by atoms with E-state index in [1.165, 1.54) is 0 Å². The van der Waals surface area contributed by atoms with E-state index in [9.17, 15) is 13.2 Å². The minimum Gasteiger partial charge on any atom is -0.384 e. The first-order chi connectivity index (χ1) is 6.48. The molecule has 0 radical (unpaired) electrons. The van der Waals surface area contributed by atoms with E-state index >= 15 is 0 Å². The van der Waals surface area contributed by atoms with E-state index < -0.39 is 12.3 Å². The molecule has 0 saturated carbocycles. The first kappa shape index (κ1) is 13.7. The van der Waals surface area contributed by atoms with Gasteiger partial charge in [-0.25, -0.2) is 0 Å². The van der Waals surface area contributed by atoms with Crippen LogP contribution in [0.1, 0.15) is 32.6 Å². The highest BCUT2D eigenvalue weighted by Crippen LogP contribution is 2.23. The van der Waals surface area contributed by atoms with Gasteiger partial charge in [0.15, 0.2) is 0 Å². The van der Waals surface area contributed by atoms with Crippen molar-refractivity contribution in [2.24, 2.45) is 0 Å². The molecule has 0 bridgehead atoms. The number of aliphatic hydroxyl groups is 1. The minimum absolute atomic E-state index is 0.213. The lowest BCUT2D eigenvalue weighted by Crippen LogP contribution is -2.28. The van der Waals surface area contributed by atoms with Crippen LogP contribution in [0.5, 0.6) is 0 Å². The summed E-state index contributed by atoms with van der Waals surface area (Å²) in [6.07, 6.45) is -5.07. The lowest BCUT2D eigenvalue weighted by molar-refractivity contribution is -0.205. The Hall–Kier alpha value is -0.290. The molecule has 0 unspecified atom stereocenters. The van der Waals surface area contributed by atoms with Gasteiger partial charge >= 0.3 is 6.18 Å². The quantitative estimate of drug-likeness (QED) is 0.660. The number of halogens is 3. The van der Waals surface area contributed by atoms with Crippen LogP contribution < -0.4 is 0 Å². The first-order valence-corrected chi connectivity index (χ1v) is 4.81. The van der Waals surface area contributed by atoms with Crippen LogP contribution in [-0.2, 0) is 4.74 Å². The molecule has 1 atom stereocenters. The van der Waals surface area contributed by atoms with Crippen LogP contribution >= 0.6 is 0 Å². The number of hydrogen-bond acceptors (Lipinski definition) is 2. The van der Waals surface area contributed by atoms with Crippen LogP contribution in [0.25, 0.3) is 0 Å². The van der Waals surface area contributed by atoms with Gasteiger partial charge in [0.1, 0.15) is 6.10 Å². The Labute approximate surface area is 82.1 Å². The Morgan fingerprint density at radius 1 is 1.21 bits per heavy atom. The van der Waals surface area contributed by atoms with E-state index in [0.29, 0.717) is 26.1 Å². The smallest absolute Gasteiger partial charge is 0.384 e. The van der Waals surface area contributed by atoms with E-state index in [-0.39, 0.29) is 6.42 Å². The second-order valence-electron chi connectivity index (χ2n) is 3.10. The Morgan fingerprint density at radius 2 is 1.86 bits per heavy atom. The van der Waals surface area contributed by atoms with Gasteiger partial charge in [-0.1, -0.05) is 12.8 Å². The maximum absolute atomic E-state index is 11.8. The SMILES string of the molecule is CCOCCCCC[C@H](O)C(F)(F)F. The van der Waals surface area contributed by atoms with Crippen molar-refractivity contribution in [1.29, 1.82) is 0 Å². The zero-order valence-corrected chi connectivity index (χ0v) is 8.31. The Balaban J connectivity index is 3.28. The minimum atomic E-state index is -4.47. The predicted octanol–water partition coefficient (Wildman–Crippen LogP) is 2.51. The molecular weight excluding hydrogens is 197 g/mol. The number of alkyl halides is 3. The van der Waals surface area contributed by atoms with Gasteiger partial charge in [-0.15, -0.1) is 0 Å². The molecule has 5 heteroatoms. The summed E-state index contributed by atoms with van der Waals surface area (Å²) in [5.41, 5.74) is 0. The summed E-state index contributed by atoms with van der Waals surface area (Å²) in [5, 5.41) is 8.63. The van der Waals surface area contributed by atoms with Crippen molar-refractivity contribution in [1.82, 2.24) is 0 Å². The lowest BCUT2D eigenvalue weighted by atomic mass is 10.1. The maximum atomic E-state index is 11.8. The third-order valence-electron chi connectivity index (χ3n) is 1.85. The number of aliphatic hydroxyl groups excluding tert-OH is 1. The van der Waals surface area contributed by atoms with Gasteiger partial charge < -0.3 is 9.84 Å². The van der Waals surface area contributed by atoms with Gasteiger partial charge in [-0.3, -0.25) is 0 Å². The number of ether oxygens (including phenoxy) is 1. The molecule has 0 aromatic carbocycles. The van der Waals surface area contributed by atoms with Crippen molar-refractivity contribution in [3.8, 4) is 0 Å². The molecule has 1 N–H and O–H groups in total. The fourth-order valence-electron chi connectivity index (χ4n) is 1.03. The predicted molar refractivity (Wildman–Crippen MR) is 47.0 cm³/mol. The summed E-state index contributed by atoms with van der Waals surface area (Å²) in [7, 11) is 0. The van der Waals surface area contributed by atoms with E-state index in [2.05, 4.69) is 0 Å². The molecular formula is C9H17F3O2. The van der Waals surface area contributed by atoms with E-state index in [1.807, 2.05) is 6.92 Å². The highest BCUT2D eigenvalue weighted by Gasteiger charge is 2.37. The number of rotatable bonds is 7. The molecule has 0 aliphatic carbocycles. The Kier molecular flexibility index (Phi) is 6.92. The van der Waals surface area contributed by atoms with Gasteiger partial charge in [-0.2, -0.15) is 13.2 Å². The van der Waals surface area contributed by atoms with Gasteiger partial charge in [-0.05, 0) is 19.8 Å². The van der Waals surface area contributed by atoms with Crippen LogP contribution in [0, 0.1) is 0 Å². The van der Waals surface area contributed by atoms with Crippen LogP contribution in [-0.4, -0.2) is 30.6 Å². The molecule has 0 aromatic rings. The molecule has 0 aliphatic rings. The normalized spacial score (nSPS) is 14.4. The number of unbranched alkanes of at least 4 members (excludes halogenated alkanes) is 2. The molecule has 0 aliphatic heterocycles. The van der Waals surface area contributed by atoms with E-state index in [4.69, 9.17) is 9.84 Å². The summed E-state index contributed by atoms with van der Waals surface area (Å²) in [6, 6.07) is 0. The lowest BCUT2D eigenvalue weighted by Gasteiger charge is -2.13. The summed E-state index contributed by atoms with van der Waals surface area (Å²) < 4.78 is 40.4. The Bertz CT molecular complexity index is 137. The van der Waals surface area contributed by atoms with Crippen LogP contribution in [0.15, 0.2) is 0 Å². The van der Waals surface area contributed by atoms with Crippen molar-refractivity contribution in [2.45, 2.75) is 44.9 Å². The van der Waals surface area contributed by atoms with Crippen molar-refractivity contribution in [3.63, 3.8) is 0 Å². The molecule has 0 fully saturated rings. The van der Waals surface area contributed by atoms with Crippen molar-refractivity contribution < 1.29 is 23.0 Å². The maximum Gasteiger partial charge on any atom is 0.414 e. The molecule has 0 amide bonds. The zero-order valence-electron chi connectivity index (χ0n) is 8.31. The summed E-state index contributed by atoms with van der Waals surface area (Å²) in [4.78, 5) is 0. The van der Waals surface area contributed by atoms with Crippen LogP contribution in [0.2, 0.25) is 0 Å². The van der Waals surface area contributed by atoms with Gasteiger partial charge in [0.05, 0.1) is 0 Å². The molecule has 0 rings (SSSR count). The second-order valence-corrected chi connectivity index (χ2v) is 3.10. The third kappa shape index (κ3) is 7.15. The molecule has 86 valence electrons. The zero-order chi connectivity index (χ0) is 11.0. The van der Waals surface area contributed by atoms with Crippen molar-refractivity contribution in [3.05, 3.63) is 0 Å². The summed E-state index contributed by atoms with van der Waals surface area (Å²) in [5.74, 6) is 0. The standard InChI is InChI=1S/C9H17F3O2/c1-2-14-7-5-3-4-6-8(13)9(10,11)12/h8,13H,2-7H2,1H3/t8-/m0/s1. The monoisotopic (exact) mass is 214 g/mol. The average molecular weight is 214 g/mol. The van der Waals surface area contributed by atoms with Crippen LogP contribution in [0.3, 0.4) is 0 Å². The average Bonchev–Trinajstić information content (AvgIpc) is 2.09. The molecule has 0 aromatic heterocycles.